The van der Waals surface area contributed by atoms with Gasteiger partial charge in [0, 0.05) is 52.6 Å². The standard InChI is InChI=1S/C20H29N3O3/c1-21(2)17-7-4-15(5-8-17)12-19(24)22-13-16-6-9-18(14-22)23(20(16)25)10-11-26-3/h4-5,7-8,16,18H,6,9-14H2,1-3H3/t16-,18+/m1/s1. The Bertz CT molecular complexity index is 644. The van der Waals surface area contributed by atoms with Gasteiger partial charge >= 0.3 is 0 Å². The van der Waals surface area contributed by atoms with Gasteiger partial charge in [-0.15, -0.1) is 0 Å². The molecule has 0 aromatic heterocycles. The van der Waals surface area contributed by atoms with Gasteiger partial charge in [0.25, 0.3) is 0 Å². The lowest BCUT2D eigenvalue weighted by molar-refractivity contribution is -0.140. The molecular weight excluding hydrogens is 330 g/mol. The van der Waals surface area contributed by atoms with Crippen molar-refractivity contribution in [2.45, 2.75) is 25.3 Å². The van der Waals surface area contributed by atoms with Gasteiger partial charge < -0.3 is 19.4 Å². The molecule has 4 rings (SSSR count). The van der Waals surface area contributed by atoms with Gasteiger partial charge in [0.05, 0.1) is 18.9 Å². The summed E-state index contributed by atoms with van der Waals surface area (Å²) in [6.45, 7) is 2.35. The monoisotopic (exact) mass is 359 g/mol. The van der Waals surface area contributed by atoms with Crippen LogP contribution in [-0.2, 0) is 20.7 Å². The minimum atomic E-state index is -0.0642. The van der Waals surface area contributed by atoms with E-state index in [4.69, 9.17) is 4.74 Å². The first-order valence-electron chi connectivity index (χ1n) is 9.33. The third-order valence-electron chi connectivity index (χ3n) is 5.49. The molecule has 0 unspecified atom stereocenters. The minimum absolute atomic E-state index is 0.0642. The third-order valence-corrected chi connectivity index (χ3v) is 5.49. The molecule has 2 bridgehead atoms. The van der Waals surface area contributed by atoms with Gasteiger partial charge in [0.15, 0.2) is 0 Å². The molecule has 1 aromatic carbocycles. The second kappa shape index (κ2) is 8.08. The van der Waals surface area contributed by atoms with Gasteiger partial charge in [-0.05, 0) is 30.5 Å². The van der Waals surface area contributed by atoms with E-state index in [2.05, 4.69) is 0 Å². The molecule has 0 aliphatic carbocycles. The van der Waals surface area contributed by atoms with Gasteiger partial charge in [-0.2, -0.15) is 0 Å². The molecule has 0 spiro atoms. The van der Waals surface area contributed by atoms with E-state index in [9.17, 15) is 9.59 Å². The third kappa shape index (κ3) is 4.01. The van der Waals surface area contributed by atoms with E-state index in [1.165, 1.54) is 0 Å². The predicted molar refractivity (Wildman–Crippen MR) is 101 cm³/mol. The summed E-state index contributed by atoms with van der Waals surface area (Å²) in [6, 6.07) is 8.21. The summed E-state index contributed by atoms with van der Waals surface area (Å²) in [5, 5.41) is 0. The fourth-order valence-electron chi connectivity index (χ4n) is 3.93. The first-order chi connectivity index (χ1) is 12.5. The molecule has 2 atom stereocenters. The highest BCUT2D eigenvalue weighted by molar-refractivity contribution is 5.84. The van der Waals surface area contributed by atoms with Crippen molar-refractivity contribution in [3.63, 3.8) is 0 Å². The van der Waals surface area contributed by atoms with E-state index in [1.807, 2.05) is 53.1 Å². The van der Waals surface area contributed by atoms with Crippen LogP contribution in [0.2, 0.25) is 0 Å². The van der Waals surface area contributed by atoms with Crippen molar-refractivity contribution in [3.8, 4) is 0 Å². The zero-order valence-electron chi connectivity index (χ0n) is 16.0. The van der Waals surface area contributed by atoms with Crippen molar-refractivity contribution in [2.75, 3.05) is 52.3 Å². The number of carbonyl (C=O) groups is 2. The van der Waals surface area contributed by atoms with E-state index in [0.717, 1.165) is 24.1 Å². The van der Waals surface area contributed by atoms with Crippen LogP contribution < -0.4 is 4.90 Å². The van der Waals surface area contributed by atoms with Gasteiger partial charge in [-0.3, -0.25) is 9.59 Å². The number of nitrogens with zero attached hydrogens (tertiary/aromatic N) is 3. The van der Waals surface area contributed by atoms with Crippen molar-refractivity contribution >= 4 is 17.5 Å². The first kappa shape index (κ1) is 18.7. The number of piperidine rings is 1. The highest BCUT2D eigenvalue weighted by atomic mass is 16.5. The highest BCUT2D eigenvalue weighted by Crippen LogP contribution is 2.29. The maximum absolute atomic E-state index is 12.8. The van der Waals surface area contributed by atoms with Crippen molar-refractivity contribution < 1.29 is 14.3 Å². The van der Waals surface area contributed by atoms with Crippen LogP contribution in [0.3, 0.4) is 0 Å². The van der Waals surface area contributed by atoms with Gasteiger partial charge in [0.1, 0.15) is 0 Å². The number of fused-ring (bicyclic) bond motifs is 4. The number of ether oxygens (including phenoxy) is 1. The van der Waals surface area contributed by atoms with Crippen molar-refractivity contribution in [2.24, 2.45) is 5.92 Å². The number of amides is 2. The lowest BCUT2D eigenvalue weighted by atomic mass is 9.94. The van der Waals surface area contributed by atoms with Gasteiger partial charge in [-0.1, -0.05) is 12.1 Å². The molecule has 0 N–H and O–H groups in total. The van der Waals surface area contributed by atoms with Crippen LogP contribution in [-0.4, -0.2) is 75.1 Å². The Balaban J connectivity index is 1.66. The molecule has 26 heavy (non-hydrogen) atoms. The Morgan fingerprint density at radius 3 is 2.58 bits per heavy atom. The summed E-state index contributed by atoms with van der Waals surface area (Å²) in [7, 11) is 5.65. The molecule has 0 saturated carbocycles. The van der Waals surface area contributed by atoms with Crippen LogP contribution in [0.5, 0.6) is 0 Å². The summed E-state index contributed by atoms with van der Waals surface area (Å²) in [5.74, 6) is 0.232. The molecule has 6 nitrogen and oxygen atoms in total. The smallest absolute Gasteiger partial charge is 0.227 e. The largest absolute Gasteiger partial charge is 0.383 e. The quantitative estimate of drug-likeness (QED) is 0.770. The van der Waals surface area contributed by atoms with E-state index < -0.39 is 0 Å². The molecule has 3 saturated heterocycles. The number of hydrogen-bond donors (Lipinski definition) is 0. The summed E-state index contributed by atoms with van der Waals surface area (Å²) >= 11 is 0. The predicted octanol–water partition coefficient (Wildman–Crippen LogP) is 1.39. The minimum Gasteiger partial charge on any atom is -0.383 e. The Kier molecular flexibility index (Phi) is 5.81. The fourth-order valence-corrected chi connectivity index (χ4v) is 3.93. The first-order valence-corrected chi connectivity index (χ1v) is 9.33. The fraction of sp³-hybridized carbons (Fsp3) is 0.600. The number of methoxy groups -OCH3 is 1. The van der Waals surface area contributed by atoms with E-state index in [1.54, 1.807) is 7.11 Å². The van der Waals surface area contributed by atoms with Crippen LogP contribution in [0, 0.1) is 5.92 Å². The molecule has 1 aromatic rings. The molecule has 0 radical (unpaired) electrons. The molecule has 3 aliphatic heterocycles. The number of rotatable bonds is 6. The zero-order chi connectivity index (χ0) is 18.7. The summed E-state index contributed by atoms with van der Waals surface area (Å²) in [4.78, 5) is 31.4. The molecular formula is C20H29N3O3. The summed E-state index contributed by atoms with van der Waals surface area (Å²) < 4.78 is 5.14. The van der Waals surface area contributed by atoms with Crippen LogP contribution in [0.25, 0.3) is 0 Å². The molecule has 6 heteroatoms. The lowest BCUT2D eigenvalue weighted by Crippen LogP contribution is -2.49. The number of anilines is 1. The zero-order valence-corrected chi connectivity index (χ0v) is 16.0. The second-order valence-electron chi connectivity index (χ2n) is 7.49. The molecule has 3 fully saturated rings. The SMILES string of the molecule is COCCN1C(=O)[C@@H]2CC[C@H]1CN(C(=O)Cc1ccc(N(C)C)cc1)C2. The molecule has 2 amide bonds. The van der Waals surface area contributed by atoms with Crippen molar-refractivity contribution in [1.82, 2.24) is 9.80 Å². The van der Waals surface area contributed by atoms with Gasteiger partial charge in [-0.25, -0.2) is 0 Å². The molecule has 3 aliphatic rings. The normalized spacial score (nSPS) is 22.5. The lowest BCUT2D eigenvalue weighted by Gasteiger charge is -2.35. The Morgan fingerprint density at radius 2 is 1.92 bits per heavy atom. The van der Waals surface area contributed by atoms with E-state index in [-0.39, 0.29) is 23.8 Å². The Hall–Kier alpha value is -2.08. The second-order valence-corrected chi connectivity index (χ2v) is 7.49. The highest BCUT2D eigenvalue weighted by Gasteiger charge is 2.41. The molecule has 3 heterocycles. The number of benzene rings is 1. The van der Waals surface area contributed by atoms with Crippen LogP contribution in [0.15, 0.2) is 24.3 Å². The van der Waals surface area contributed by atoms with Crippen LogP contribution in [0.4, 0.5) is 5.69 Å². The molecule has 142 valence electrons. The maximum atomic E-state index is 12.8. The van der Waals surface area contributed by atoms with Crippen molar-refractivity contribution in [1.29, 1.82) is 0 Å². The summed E-state index contributed by atoms with van der Waals surface area (Å²) in [6.07, 6.45) is 2.25. The van der Waals surface area contributed by atoms with Gasteiger partial charge in [0.2, 0.25) is 11.8 Å². The number of carbonyl (C=O) groups excluding carboxylic acids is 2. The van der Waals surface area contributed by atoms with E-state index in [0.29, 0.717) is 32.7 Å². The maximum Gasteiger partial charge on any atom is 0.227 e. The average Bonchev–Trinajstić information content (AvgIpc) is 2.92. The van der Waals surface area contributed by atoms with E-state index >= 15 is 0 Å². The average molecular weight is 359 g/mol. The summed E-state index contributed by atoms with van der Waals surface area (Å²) in [5.41, 5.74) is 2.13. The Labute approximate surface area is 155 Å². The Morgan fingerprint density at radius 1 is 1.19 bits per heavy atom. The number of hydrogen-bond acceptors (Lipinski definition) is 4. The van der Waals surface area contributed by atoms with Crippen LogP contribution in [0.1, 0.15) is 18.4 Å². The topological polar surface area (TPSA) is 53.1 Å². The van der Waals surface area contributed by atoms with Crippen molar-refractivity contribution in [3.05, 3.63) is 29.8 Å². The van der Waals surface area contributed by atoms with Crippen LogP contribution >= 0.6 is 0 Å².